The SMILES string of the molecule is CCCN(CCC)C1CCCC1C(=O)O. The van der Waals surface area contributed by atoms with Gasteiger partial charge in [-0.05, 0) is 38.8 Å². The largest absolute Gasteiger partial charge is 0.481 e. The van der Waals surface area contributed by atoms with Crippen molar-refractivity contribution >= 4 is 5.97 Å². The molecule has 1 saturated carbocycles. The summed E-state index contributed by atoms with van der Waals surface area (Å²) in [7, 11) is 0. The van der Waals surface area contributed by atoms with Crippen LogP contribution in [0.2, 0.25) is 0 Å². The molecule has 0 aliphatic heterocycles. The Morgan fingerprint density at radius 3 is 2.33 bits per heavy atom. The van der Waals surface area contributed by atoms with Crippen LogP contribution < -0.4 is 0 Å². The van der Waals surface area contributed by atoms with E-state index >= 15 is 0 Å². The minimum Gasteiger partial charge on any atom is -0.481 e. The molecule has 0 radical (unpaired) electrons. The van der Waals surface area contributed by atoms with Gasteiger partial charge in [-0.25, -0.2) is 0 Å². The summed E-state index contributed by atoms with van der Waals surface area (Å²) in [5, 5.41) is 9.14. The molecule has 1 aliphatic carbocycles. The number of carboxylic acid groups (broad SMARTS) is 1. The van der Waals surface area contributed by atoms with Gasteiger partial charge in [-0.2, -0.15) is 0 Å². The van der Waals surface area contributed by atoms with Gasteiger partial charge in [0.2, 0.25) is 0 Å². The normalized spacial score (nSPS) is 26.1. The third kappa shape index (κ3) is 3.20. The van der Waals surface area contributed by atoms with Crippen LogP contribution in [-0.4, -0.2) is 35.1 Å². The average molecular weight is 213 g/mol. The molecular formula is C12H23NO2. The Morgan fingerprint density at radius 1 is 1.27 bits per heavy atom. The number of rotatable bonds is 6. The number of aliphatic carboxylic acids is 1. The quantitative estimate of drug-likeness (QED) is 0.736. The molecule has 0 amide bonds. The molecule has 88 valence electrons. The van der Waals surface area contributed by atoms with E-state index in [2.05, 4.69) is 18.7 Å². The molecule has 0 bridgehead atoms. The molecule has 0 saturated heterocycles. The van der Waals surface area contributed by atoms with E-state index in [-0.39, 0.29) is 5.92 Å². The molecule has 0 aromatic rings. The van der Waals surface area contributed by atoms with E-state index in [0.717, 1.165) is 45.2 Å². The van der Waals surface area contributed by atoms with E-state index in [1.165, 1.54) is 0 Å². The molecule has 15 heavy (non-hydrogen) atoms. The molecule has 0 spiro atoms. The maximum atomic E-state index is 11.1. The third-order valence-electron chi connectivity index (χ3n) is 3.29. The molecule has 1 aliphatic rings. The van der Waals surface area contributed by atoms with Crippen LogP contribution in [0.15, 0.2) is 0 Å². The van der Waals surface area contributed by atoms with Crippen molar-refractivity contribution in [2.24, 2.45) is 5.92 Å². The Labute approximate surface area is 92.5 Å². The minimum absolute atomic E-state index is 0.122. The highest BCUT2D eigenvalue weighted by Gasteiger charge is 2.35. The lowest BCUT2D eigenvalue weighted by Crippen LogP contribution is -2.41. The van der Waals surface area contributed by atoms with Crippen molar-refractivity contribution in [1.82, 2.24) is 4.90 Å². The maximum absolute atomic E-state index is 11.1. The highest BCUT2D eigenvalue weighted by Crippen LogP contribution is 2.30. The fourth-order valence-corrected chi connectivity index (χ4v) is 2.68. The summed E-state index contributed by atoms with van der Waals surface area (Å²) in [6.45, 7) is 6.41. The van der Waals surface area contributed by atoms with Gasteiger partial charge in [0, 0.05) is 6.04 Å². The van der Waals surface area contributed by atoms with Crippen LogP contribution in [0.4, 0.5) is 0 Å². The standard InChI is InChI=1S/C12H23NO2/c1-3-8-13(9-4-2)11-7-5-6-10(11)12(14)15/h10-11H,3-9H2,1-2H3,(H,14,15). The summed E-state index contributed by atoms with van der Waals surface area (Å²) in [5.74, 6) is -0.724. The summed E-state index contributed by atoms with van der Waals surface area (Å²) in [4.78, 5) is 13.5. The van der Waals surface area contributed by atoms with Crippen molar-refractivity contribution in [3.8, 4) is 0 Å². The van der Waals surface area contributed by atoms with Crippen molar-refractivity contribution in [3.63, 3.8) is 0 Å². The molecule has 1 fully saturated rings. The second kappa shape index (κ2) is 6.11. The van der Waals surface area contributed by atoms with Crippen LogP contribution in [0.25, 0.3) is 0 Å². The first-order chi connectivity index (χ1) is 7.20. The zero-order valence-corrected chi connectivity index (χ0v) is 9.91. The van der Waals surface area contributed by atoms with Gasteiger partial charge >= 0.3 is 5.97 Å². The first-order valence-corrected chi connectivity index (χ1v) is 6.17. The lowest BCUT2D eigenvalue weighted by molar-refractivity contribution is -0.143. The average Bonchev–Trinajstić information content (AvgIpc) is 2.65. The van der Waals surface area contributed by atoms with E-state index in [1.54, 1.807) is 0 Å². The molecular weight excluding hydrogens is 190 g/mol. The second-order valence-electron chi connectivity index (χ2n) is 4.48. The molecule has 0 heterocycles. The van der Waals surface area contributed by atoms with Crippen molar-refractivity contribution < 1.29 is 9.90 Å². The monoisotopic (exact) mass is 213 g/mol. The van der Waals surface area contributed by atoms with Crippen LogP contribution in [-0.2, 0) is 4.79 Å². The van der Waals surface area contributed by atoms with E-state index in [0.29, 0.717) is 6.04 Å². The summed E-state index contributed by atoms with van der Waals surface area (Å²) in [6, 6.07) is 0.294. The fraction of sp³-hybridized carbons (Fsp3) is 0.917. The Bertz CT molecular complexity index is 200. The molecule has 0 aromatic heterocycles. The van der Waals surface area contributed by atoms with Crippen LogP contribution in [0.5, 0.6) is 0 Å². The number of carboxylic acids is 1. The molecule has 2 unspecified atom stereocenters. The van der Waals surface area contributed by atoms with Crippen LogP contribution in [0.1, 0.15) is 46.0 Å². The highest BCUT2D eigenvalue weighted by molar-refractivity contribution is 5.71. The lowest BCUT2D eigenvalue weighted by Gasteiger charge is -2.30. The zero-order valence-electron chi connectivity index (χ0n) is 9.91. The van der Waals surface area contributed by atoms with Gasteiger partial charge < -0.3 is 5.11 Å². The lowest BCUT2D eigenvalue weighted by atomic mass is 10.0. The fourth-order valence-electron chi connectivity index (χ4n) is 2.68. The topological polar surface area (TPSA) is 40.5 Å². The predicted octanol–water partition coefficient (Wildman–Crippen LogP) is 2.36. The Balaban J connectivity index is 2.60. The van der Waals surface area contributed by atoms with Gasteiger partial charge in [-0.1, -0.05) is 20.3 Å². The van der Waals surface area contributed by atoms with Gasteiger partial charge in [0.25, 0.3) is 0 Å². The molecule has 3 heteroatoms. The molecule has 3 nitrogen and oxygen atoms in total. The van der Waals surface area contributed by atoms with Crippen molar-refractivity contribution in [2.45, 2.75) is 52.0 Å². The van der Waals surface area contributed by atoms with E-state index < -0.39 is 5.97 Å². The summed E-state index contributed by atoms with van der Waals surface area (Å²) in [5.41, 5.74) is 0. The van der Waals surface area contributed by atoms with Crippen molar-refractivity contribution in [2.75, 3.05) is 13.1 Å². The Morgan fingerprint density at radius 2 is 1.87 bits per heavy atom. The van der Waals surface area contributed by atoms with E-state index in [4.69, 9.17) is 5.11 Å². The van der Waals surface area contributed by atoms with Gasteiger partial charge in [0.15, 0.2) is 0 Å². The predicted molar refractivity (Wildman–Crippen MR) is 60.9 cm³/mol. The summed E-state index contributed by atoms with van der Waals surface area (Å²) in [6.07, 6.45) is 5.23. The molecule has 1 rings (SSSR count). The number of carbonyl (C=O) groups is 1. The number of hydrogen-bond donors (Lipinski definition) is 1. The molecule has 0 aromatic carbocycles. The summed E-state index contributed by atoms with van der Waals surface area (Å²) < 4.78 is 0. The third-order valence-corrected chi connectivity index (χ3v) is 3.29. The number of hydrogen-bond acceptors (Lipinski definition) is 2. The van der Waals surface area contributed by atoms with Crippen molar-refractivity contribution in [3.05, 3.63) is 0 Å². The summed E-state index contributed by atoms with van der Waals surface area (Å²) >= 11 is 0. The van der Waals surface area contributed by atoms with Gasteiger partial charge in [-0.3, -0.25) is 9.69 Å². The number of nitrogens with zero attached hydrogens (tertiary/aromatic N) is 1. The molecule has 2 atom stereocenters. The van der Waals surface area contributed by atoms with Crippen LogP contribution >= 0.6 is 0 Å². The molecule has 1 N–H and O–H groups in total. The van der Waals surface area contributed by atoms with Crippen LogP contribution in [0, 0.1) is 5.92 Å². The highest BCUT2D eigenvalue weighted by atomic mass is 16.4. The first-order valence-electron chi connectivity index (χ1n) is 6.17. The second-order valence-corrected chi connectivity index (χ2v) is 4.48. The van der Waals surface area contributed by atoms with Crippen LogP contribution in [0.3, 0.4) is 0 Å². The Hall–Kier alpha value is -0.570. The van der Waals surface area contributed by atoms with E-state index in [9.17, 15) is 4.79 Å². The first kappa shape index (κ1) is 12.5. The van der Waals surface area contributed by atoms with Gasteiger partial charge in [0.05, 0.1) is 5.92 Å². The smallest absolute Gasteiger partial charge is 0.308 e. The van der Waals surface area contributed by atoms with Crippen molar-refractivity contribution in [1.29, 1.82) is 0 Å². The Kier molecular flexibility index (Phi) is 5.09. The van der Waals surface area contributed by atoms with E-state index in [1.807, 2.05) is 0 Å². The maximum Gasteiger partial charge on any atom is 0.308 e. The van der Waals surface area contributed by atoms with Gasteiger partial charge in [-0.15, -0.1) is 0 Å². The zero-order chi connectivity index (χ0) is 11.3. The minimum atomic E-state index is -0.602. The van der Waals surface area contributed by atoms with Gasteiger partial charge in [0.1, 0.15) is 0 Å².